The molecule has 3 rings (SSSR count). The van der Waals surface area contributed by atoms with Crippen LogP contribution in [0.1, 0.15) is 38.9 Å². The topological polar surface area (TPSA) is 57.9 Å². The van der Waals surface area contributed by atoms with E-state index < -0.39 is 0 Å². The Hall–Kier alpha value is -1.55. The molecule has 0 atom stereocenters. The van der Waals surface area contributed by atoms with E-state index in [0.717, 1.165) is 47.5 Å². The molecular weight excluding hydrogens is 260 g/mol. The van der Waals surface area contributed by atoms with Crippen molar-refractivity contribution in [1.82, 2.24) is 14.9 Å². The summed E-state index contributed by atoms with van der Waals surface area (Å²) in [6.45, 7) is 6.92. The number of nitrogens with zero attached hydrogens (tertiary/aromatic N) is 2. The number of fused-ring (bicyclic) bond motifs is 1. The molecular formula is C17H26N4. The second kappa shape index (κ2) is 6.06. The van der Waals surface area contributed by atoms with E-state index in [-0.39, 0.29) is 0 Å². The highest BCUT2D eigenvalue weighted by Crippen LogP contribution is 2.27. The Morgan fingerprint density at radius 1 is 1.33 bits per heavy atom. The average Bonchev–Trinajstić information content (AvgIpc) is 3.19. The summed E-state index contributed by atoms with van der Waals surface area (Å²) in [5.41, 5.74) is 8.66. The number of hydrogen-bond donors (Lipinski definition) is 2. The van der Waals surface area contributed by atoms with Crippen LogP contribution in [0.15, 0.2) is 18.2 Å². The summed E-state index contributed by atoms with van der Waals surface area (Å²) in [6, 6.07) is 6.68. The standard InChI is InChI=1S/C17H26N4/c1-12(2)7-9-21(14-4-5-14)10-8-17-19-15-6-3-13(18)11-16(15)20-17/h3,6,11-12,14H,4-5,7-10,18H2,1-2H3,(H,19,20). The number of anilines is 1. The van der Waals surface area contributed by atoms with Crippen LogP contribution in [-0.2, 0) is 6.42 Å². The third-order valence-corrected chi connectivity index (χ3v) is 4.25. The molecule has 0 radical (unpaired) electrons. The van der Waals surface area contributed by atoms with Crippen LogP contribution in [0.4, 0.5) is 5.69 Å². The van der Waals surface area contributed by atoms with Crippen molar-refractivity contribution in [2.24, 2.45) is 5.92 Å². The van der Waals surface area contributed by atoms with Gasteiger partial charge in [0.25, 0.3) is 0 Å². The smallest absolute Gasteiger partial charge is 0.108 e. The zero-order chi connectivity index (χ0) is 14.8. The van der Waals surface area contributed by atoms with Crippen molar-refractivity contribution in [1.29, 1.82) is 0 Å². The lowest BCUT2D eigenvalue weighted by Crippen LogP contribution is -2.30. The Morgan fingerprint density at radius 3 is 2.86 bits per heavy atom. The van der Waals surface area contributed by atoms with Gasteiger partial charge in [-0.2, -0.15) is 0 Å². The number of nitrogen functional groups attached to an aromatic ring is 1. The van der Waals surface area contributed by atoms with E-state index in [2.05, 4.69) is 28.7 Å². The SMILES string of the molecule is CC(C)CCN(CCc1nc2ccc(N)cc2[nH]1)C1CC1. The summed E-state index contributed by atoms with van der Waals surface area (Å²) in [7, 11) is 0. The number of hydrogen-bond acceptors (Lipinski definition) is 3. The molecule has 1 aliphatic carbocycles. The lowest BCUT2D eigenvalue weighted by molar-refractivity contribution is 0.249. The third kappa shape index (κ3) is 3.76. The molecule has 1 aliphatic rings. The van der Waals surface area contributed by atoms with Gasteiger partial charge in [0.05, 0.1) is 11.0 Å². The zero-order valence-corrected chi connectivity index (χ0v) is 13.1. The van der Waals surface area contributed by atoms with Crippen LogP contribution < -0.4 is 5.73 Å². The van der Waals surface area contributed by atoms with E-state index >= 15 is 0 Å². The van der Waals surface area contributed by atoms with Crippen molar-refractivity contribution in [3.05, 3.63) is 24.0 Å². The first-order valence-electron chi connectivity index (χ1n) is 8.10. The Balaban J connectivity index is 1.61. The van der Waals surface area contributed by atoms with Gasteiger partial charge in [0.15, 0.2) is 0 Å². The molecule has 1 aromatic heterocycles. The number of nitrogens with one attached hydrogen (secondary N) is 1. The molecule has 0 bridgehead atoms. The molecule has 0 saturated heterocycles. The normalized spacial score (nSPS) is 15.4. The molecule has 2 aromatic rings. The van der Waals surface area contributed by atoms with Crippen LogP contribution in [0.5, 0.6) is 0 Å². The van der Waals surface area contributed by atoms with E-state index in [1.54, 1.807) is 0 Å². The largest absolute Gasteiger partial charge is 0.399 e. The highest BCUT2D eigenvalue weighted by atomic mass is 15.2. The second-order valence-corrected chi connectivity index (χ2v) is 6.66. The fourth-order valence-corrected chi connectivity index (χ4v) is 2.79. The first-order valence-corrected chi connectivity index (χ1v) is 8.10. The molecule has 1 fully saturated rings. The Bertz CT molecular complexity index is 598. The van der Waals surface area contributed by atoms with Gasteiger partial charge < -0.3 is 10.7 Å². The number of nitrogens with two attached hydrogens (primary N) is 1. The molecule has 0 amide bonds. The van der Waals surface area contributed by atoms with Gasteiger partial charge in [0.1, 0.15) is 5.82 Å². The summed E-state index contributed by atoms with van der Waals surface area (Å²) < 4.78 is 0. The maximum atomic E-state index is 5.82. The van der Waals surface area contributed by atoms with E-state index in [1.807, 2.05) is 18.2 Å². The second-order valence-electron chi connectivity index (χ2n) is 6.66. The molecule has 1 heterocycles. The monoisotopic (exact) mass is 286 g/mol. The quantitative estimate of drug-likeness (QED) is 0.768. The van der Waals surface area contributed by atoms with Crippen molar-refractivity contribution < 1.29 is 0 Å². The average molecular weight is 286 g/mol. The predicted octanol–water partition coefficient (Wildman–Crippen LogP) is 3.20. The van der Waals surface area contributed by atoms with Crippen molar-refractivity contribution in [2.75, 3.05) is 18.8 Å². The fourth-order valence-electron chi connectivity index (χ4n) is 2.79. The maximum Gasteiger partial charge on any atom is 0.108 e. The first kappa shape index (κ1) is 14.4. The number of aromatic nitrogens is 2. The van der Waals surface area contributed by atoms with Gasteiger partial charge in [-0.3, -0.25) is 4.90 Å². The van der Waals surface area contributed by atoms with Crippen LogP contribution in [0.3, 0.4) is 0 Å². The highest BCUT2D eigenvalue weighted by molar-refractivity contribution is 5.78. The number of aromatic amines is 1. The van der Waals surface area contributed by atoms with Crippen molar-refractivity contribution in [3.8, 4) is 0 Å². The summed E-state index contributed by atoms with van der Waals surface area (Å²) in [6.07, 6.45) is 5.01. The van der Waals surface area contributed by atoms with Crippen molar-refractivity contribution >= 4 is 16.7 Å². The number of H-pyrrole nitrogens is 1. The molecule has 4 heteroatoms. The summed E-state index contributed by atoms with van der Waals surface area (Å²) in [5.74, 6) is 1.85. The predicted molar refractivity (Wildman–Crippen MR) is 88.3 cm³/mol. The maximum absolute atomic E-state index is 5.82. The first-order chi connectivity index (χ1) is 10.1. The minimum Gasteiger partial charge on any atom is -0.399 e. The molecule has 0 unspecified atom stereocenters. The van der Waals surface area contributed by atoms with Gasteiger partial charge in [-0.1, -0.05) is 13.8 Å². The van der Waals surface area contributed by atoms with E-state index in [1.165, 1.54) is 25.8 Å². The summed E-state index contributed by atoms with van der Waals surface area (Å²) in [4.78, 5) is 10.7. The molecule has 3 N–H and O–H groups in total. The van der Waals surface area contributed by atoms with E-state index in [4.69, 9.17) is 5.73 Å². The van der Waals surface area contributed by atoms with Gasteiger partial charge >= 0.3 is 0 Å². The molecule has 21 heavy (non-hydrogen) atoms. The van der Waals surface area contributed by atoms with Crippen LogP contribution >= 0.6 is 0 Å². The van der Waals surface area contributed by atoms with Gasteiger partial charge in [0, 0.05) is 24.7 Å². The number of rotatable bonds is 7. The van der Waals surface area contributed by atoms with Crippen LogP contribution in [0.25, 0.3) is 11.0 Å². The van der Waals surface area contributed by atoms with E-state index in [9.17, 15) is 0 Å². The van der Waals surface area contributed by atoms with Crippen LogP contribution in [0, 0.1) is 5.92 Å². The summed E-state index contributed by atoms with van der Waals surface area (Å²) >= 11 is 0. The molecule has 114 valence electrons. The molecule has 0 aliphatic heterocycles. The summed E-state index contributed by atoms with van der Waals surface area (Å²) in [5, 5.41) is 0. The van der Waals surface area contributed by atoms with Gasteiger partial charge in [0.2, 0.25) is 0 Å². The fraction of sp³-hybridized carbons (Fsp3) is 0.588. The van der Waals surface area contributed by atoms with Gasteiger partial charge in [-0.15, -0.1) is 0 Å². The van der Waals surface area contributed by atoms with Crippen molar-refractivity contribution in [2.45, 2.75) is 45.6 Å². The molecule has 0 spiro atoms. The number of benzene rings is 1. The van der Waals surface area contributed by atoms with Crippen LogP contribution in [-0.4, -0.2) is 34.0 Å². The molecule has 1 aromatic carbocycles. The van der Waals surface area contributed by atoms with Gasteiger partial charge in [-0.25, -0.2) is 4.98 Å². The van der Waals surface area contributed by atoms with Crippen LogP contribution in [0.2, 0.25) is 0 Å². The lowest BCUT2D eigenvalue weighted by atomic mass is 10.1. The lowest BCUT2D eigenvalue weighted by Gasteiger charge is -2.22. The zero-order valence-electron chi connectivity index (χ0n) is 13.1. The molecule has 4 nitrogen and oxygen atoms in total. The van der Waals surface area contributed by atoms with Crippen molar-refractivity contribution in [3.63, 3.8) is 0 Å². The Labute approximate surface area is 126 Å². The molecule has 1 saturated carbocycles. The minimum atomic E-state index is 0.778. The highest BCUT2D eigenvalue weighted by Gasteiger charge is 2.28. The Morgan fingerprint density at radius 2 is 2.14 bits per heavy atom. The van der Waals surface area contributed by atoms with E-state index in [0.29, 0.717) is 0 Å². The minimum absolute atomic E-state index is 0.778. The Kier molecular flexibility index (Phi) is 4.15. The van der Waals surface area contributed by atoms with Gasteiger partial charge in [-0.05, 0) is 49.9 Å². The number of imidazole rings is 1. The third-order valence-electron chi connectivity index (χ3n) is 4.25.